The third-order valence-electron chi connectivity index (χ3n) is 2.40. The summed E-state index contributed by atoms with van der Waals surface area (Å²) < 4.78 is 0. The summed E-state index contributed by atoms with van der Waals surface area (Å²) in [4.78, 5) is 23.8. The fourth-order valence-corrected chi connectivity index (χ4v) is 1.50. The predicted octanol–water partition coefficient (Wildman–Crippen LogP) is 0.605. The molecular formula is C13H18N2O3. The lowest BCUT2D eigenvalue weighted by atomic mass is 10.1. The molecule has 1 aromatic rings. The van der Waals surface area contributed by atoms with Crippen molar-refractivity contribution >= 4 is 11.9 Å². The summed E-state index contributed by atoms with van der Waals surface area (Å²) in [5.74, 6) is -0.942. The zero-order valence-electron chi connectivity index (χ0n) is 10.6. The van der Waals surface area contributed by atoms with Crippen molar-refractivity contribution in [3.8, 4) is 0 Å². The van der Waals surface area contributed by atoms with E-state index in [1.165, 1.54) is 0 Å². The van der Waals surface area contributed by atoms with Gasteiger partial charge in [0.05, 0.1) is 12.1 Å². The lowest BCUT2D eigenvalue weighted by Crippen LogP contribution is -2.34. The van der Waals surface area contributed by atoms with Gasteiger partial charge in [-0.3, -0.25) is 4.79 Å². The average Bonchev–Trinajstić information content (AvgIpc) is 2.28. The van der Waals surface area contributed by atoms with Gasteiger partial charge >= 0.3 is 5.97 Å². The molecule has 0 aliphatic carbocycles. The lowest BCUT2D eigenvalue weighted by molar-refractivity contribution is -0.121. The van der Waals surface area contributed by atoms with Gasteiger partial charge in [0, 0.05) is 6.54 Å². The lowest BCUT2D eigenvalue weighted by Gasteiger charge is -2.10. The number of carboxylic acids is 1. The van der Waals surface area contributed by atoms with Crippen LogP contribution in [0.2, 0.25) is 0 Å². The fourth-order valence-electron chi connectivity index (χ4n) is 1.50. The molecule has 0 bridgehead atoms. The number of carboxylic acid groups (broad SMARTS) is 1. The molecule has 0 heterocycles. The summed E-state index contributed by atoms with van der Waals surface area (Å²) in [6, 6.07) is 6.67. The molecule has 0 saturated carbocycles. The largest absolute Gasteiger partial charge is 0.478 e. The van der Waals surface area contributed by atoms with Crippen molar-refractivity contribution in [2.24, 2.45) is 0 Å². The SMILES string of the molecule is CN(C)CC(=O)NCCc1ccc(C(=O)O)cc1. The molecule has 98 valence electrons. The van der Waals surface area contributed by atoms with Gasteiger partial charge in [0.2, 0.25) is 5.91 Å². The third kappa shape index (κ3) is 4.97. The summed E-state index contributed by atoms with van der Waals surface area (Å²) in [5.41, 5.74) is 1.28. The number of hydrogen-bond donors (Lipinski definition) is 2. The molecule has 2 N–H and O–H groups in total. The number of hydrogen-bond acceptors (Lipinski definition) is 3. The number of likely N-dealkylation sites (N-methyl/N-ethyl adjacent to an activating group) is 1. The quantitative estimate of drug-likeness (QED) is 0.776. The van der Waals surface area contributed by atoms with Crippen LogP contribution in [0.5, 0.6) is 0 Å². The van der Waals surface area contributed by atoms with Crippen molar-refractivity contribution in [1.82, 2.24) is 10.2 Å². The Kier molecular flexibility index (Phi) is 5.32. The maximum absolute atomic E-state index is 11.4. The second kappa shape index (κ2) is 6.76. The Bertz CT molecular complexity index is 413. The minimum Gasteiger partial charge on any atom is -0.478 e. The molecule has 0 atom stereocenters. The van der Waals surface area contributed by atoms with Crippen LogP contribution < -0.4 is 5.32 Å². The molecule has 5 heteroatoms. The van der Waals surface area contributed by atoms with E-state index in [0.29, 0.717) is 19.5 Å². The van der Waals surface area contributed by atoms with Gasteiger partial charge in [0.15, 0.2) is 0 Å². The van der Waals surface area contributed by atoms with Crippen molar-refractivity contribution in [3.63, 3.8) is 0 Å². The second-order valence-corrected chi connectivity index (χ2v) is 4.34. The topological polar surface area (TPSA) is 69.6 Å². The number of aromatic carboxylic acids is 1. The van der Waals surface area contributed by atoms with Crippen molar-refractivity contribution in [3.05, 3.63) is 35.4 Å². The predicted molar refractivity (Wildman–Crippen MR) is 68.7 cm³/mol. The van der Waals surface area contributed by atoms with E-state index >= 15 is 0 Å². The van der Waals surface area contributed by atoms with Crippen LogP contribution in [0, 0.1) is 0 Å². The van der Waals surface area contributed by atoms with Crippen LogP contribution in [0.1, 0.15) is 15.9 Å². The van der Waals surface area contributed by atoms with Gasteiger partial charge in [-0.25, -0.2) is 4.79 Å². The first-order valence-electron chi connectivity index (χ1n) is 5.72. The molecule has 0 aromatic heterocycles. The van der Waals surface area contributed by atoms with Crippen LogP contribution in [0.25, 0.3) is 0 Å². The normalized spacial score (nSPS) is 10.4. The Labute approximate surface area is 106 Å². The minimum atomic E-state index is -0.930. The summed E-state index contributed by atoms with van der Waals surface area (Å²) in [6.45, 7) is 0.928. The highest BCUT2D eigenvalue weighted by atomic mass is 16.4. The van der Waals surface area contributed by atoms with Crippen molar-refractivity contribution < 1.29 is 14.7 Å². The number of rotatable bonds is 6. The van der Waals surface area contributed by atoms with Crippen LogP contribution in [-0.2, 0) is 11.2 Å². The highest BCUT2D eigenvalue weighted by Gasteiger charge is 2.03. The van der Waals surface area contributed by atoms with Crippen molar-refractivity contribution in [2.75, 3.05) is 27.2 Å². The maximum atomic E-state index is 11.4. The van der Waals surface area contributed by atoms with Gasteiger partial charge in [-0.2, -0.15) is 0 Å². The molecule has 5 nitrogen and oxygen atoms in total. The van der Waals surface area contributed by atoms with E-state index in [0.717, 1.165) is 5.56 Å². The summed E-state index contributed by atoms with van der Waals surface area (Å²) in [5, 5.41) is 11.5. The molecule has 0 unspecified atom stereocenters. The molecule has 1 amide bonds. The van der Waals surface area contributed by atoms with Gasteiger partial charge < -0.3 is 15.3 Å². The molecule has 0 saturated heterocycles. The van der Waals surface area contributed by atoms with Gasteiger partial charge in [0.25, 0.3) is 0 Å². The maximum Gasteiger partial charge on any atom is 0.335 e. The van der Waals surface area contributed by atoms with E-state index in [1.807, 2.05) is 14.1 Å². The monoisotopic (exact) mass is 250 g/mol. The number of nitrogens with one attached hydrogen (secondary N) is 1. The number of carbonyl (C=O) groups excluding carboxylic acids is 1. The Balaban J connectivity index is 2.35. The standard InChI is InChI=1S/C13H18N2O3/c1-15(2)9-12(16)14-8-7-10-3-5-11(6-4-10)13(17)18/h3-6H,7-9H2,1-2H3,(H,14,16)(H,17,18). The molecule has 18 heavy (non-hydrogen) atoms. The molecule has 0 aliphatic heterocycles. The molecule has 0 spiro atoms. The van der Waals surface area contributed by atoms with Gasteiger partial charge in [-0.1, -0.05) is 12.1 Å². The van der Waals surface area contributed by atoms with Gasteiger partial charge in [-0.05, 0) is 38.2 Å². The number of amides is 1. The molecule has 0 aliphatic rings. The summed E-state index contributed by atoms with van der Waals surface area (Å²) >= 11 is 0. The minimum absolute atomic E-state index is 0.0119. The highest BCUT2D eigenvalue weighted by molar-refractivity contribution is 5.87. The van der Waals surface area contributed by atoms with E-state index in [-0.39, 0.29) is 11.5 Å². The molecule has 0 fully saturated rings. The van der Waals surface area contributed by atoms with Crippen LogP contribution in [0.15, 0.2) is 24.3 Å². The smallest absolute Gasteiger partial charge is 0.335 e. The first-order chi connectivity index (χ1) is 8.49. The Hall–Kier alpha value is -1.88. The Morgan fingerprint density at radius 2 is 1.83 bits per heavy atom. The van der Waals surface area contributed by atoms with Crippen LogP contribution in [-0.4, -0.2) is 49.1 Å². The van der Waals surface area contributed by atoms with Crippen molar-refractivity contribution in [1.29, 1.82) is 0 Å². The molecule has 0 radical (unpaired) electrons. The highest BCUT2D eigenvalue weighted by Crippen LogP contribution is 2.04. The summed E-state index contributed by atoms with van der Waals surface area (Å²) in [7, 11) is 3.68. The average molecular weight is 250 g/mol. The van der Waals surface area contributed by atoms with Crippen molar-refractivity contribution in [2.45, 2.75) is 6.42 Å². The Morgan fingerprint density at radius 1 is 1.22 bits per heavy atom. The number of benzene rings is 1. The fraction of sp³-hybridized carbons (Fsp3) is 0.385. The molecule has 1 rings (SSSR count). The number of nitrogens with zero attached hydrogens (tertiary/aromatic N) is 1. The van der Waals surface area contributed by atoms with Crippen LogP contribution in [0.4, 0.5) is 0 Å². The van der Waals surface area contributed by atoms with E-state index in [9.17, 15) is 9.59 Å². The van der Waals surface area contributed by atoms with Crippen LogP contribution >= 0.6 is 0 Å². The van der Waals surface area contributed by atoms with E-state index in [2.05, 4.69) is 5.32 Å². The molecular weight excluding hydrogens is 232 g/mol. The first kappa shape index (κ1) is 14.2. The first-order valence-corrected chi connectivity index (χ1v) is 5.72. The molecule has 1 aromatic carbocycles. The number of carbonyl (C=O) groups is 2. The zero-order valence-corrected chi connectivity index (χ0v) is 10.6. The van der Waals surface area contributed by atoms with Crippen LogP contribution in [0.3, 0.4) is 0 Å². The zero-order chi connectivity index (χ0) is 13.5. The van der Waals surface area contributed by atoms with E-state index < -0.39 is 5.97 Å². The van der Waals surface area contributed by atoms with Gasteiger partial charge in [0.1, 0.15) is 0 Å². The second-order valence-electron chi connectivity index (χ2n) is 4.34. The van der Waals surface area contributed by atoms with E-state index in [4.69, 9.17) is 5.11 Å². The summed E-state index contributed by atoms with van der Waals surface area (Å²) in [6.07, 6.45) is 0.694. The Morgan fingerprint density at radius 3 is 2.33 bits per heavy atom. The third-order valence-corrected chi connectivity index (χ3v) is 2.40. The van der Waals surface area contributed by atoms with Gasteiger partial charge in [-0.15, -0.1) is 0 Å². The van der Waals surface area contributed by atoms with E-state index in [1.54, 1.807) is 29.2 Å².